The van der Waals surface area contributed by atoms with Crippen LogP contribution in [-0.4, -0.2) is 35.3 Å². The maximum Gasteiger partial charge on any atom is 0.164 e. The zero-order valence-electron chi connectivity index (χ0n) is 8.90. The summed E-state index contributed by atoms with van der Waals surface area (Å²) in [6.45, 7) is 0.935. The Kier molecular flexibility index (Phi) is 4.39. The van der Waals surface area contributed by atoms with Crippen molar-refractivity contribution in [1.29, 1.82) is 0 Å². The highest BCUT2D eigenvalue weighted by molar-refractivity contribution is 5.99. The highest BCUT2D eigenvalue weighted by atomic mass is 19.1. The first-order valence-electron chi connectivity index (χ1n) is 4.88. The van der Waals surface area contributed by atoms with Crippen LogP contribution in [0, 0.1) is 5.82 Å². The first-order chi connectivity index (χ1) is 7.56. The normalized spacial score (nSPS) is 12.2. The van der Waals surface area contributed by atoms with E-state index in [9.17, 15) is 9.18 Å². The van der Waals surface area contributed by atoms with Gasteiger partial charge >= 0.3 is 0 Å². The molecule has 1 rings (SSSR count). The second kappa shape index (κ2) is 5.58. The molecule has 0 heterocycles. The molecule has 0 aliphatic rings. The Labute approximate surface area is 92.7 Å². The number of benzene rings is 1. The van der Waals surface area contributed by atoms with Crippen LogP contribution in [0.2, 0.25) is 0 Å². The number of hydrogen-bond acceptors (Lipinski definition) is 4. The van der Waals surface area contributed by atoms with Crippen molar-refractivity contribution in [3.63, 3.8) is 0 Å². The van der Waals surface area contributed by atoms with Crippen molar-refractivity contribution in [2.24, 2.45) is 0 Å². The molecule has 0 radical (unpaired) electrons. The lowest BCUT2D eigenvalue weighted by Crippen LogP contribution is -2.23. The minimum atomic E-state index is -0.942. The summed E-state index contributed by atoms with van der Waals surface area (Å²) >= 11 is 0. The molecule has 0 fully saturated rings. The van der Waals surface area contributed by atoms with Crippen LogP contribution in [0.4, 0.5) is 10.1 Å². The minimum absolute atomic E-state index is 0.0346. The molecule has 0 saturated carbocycles. The summed E-state index contributed by atoms with van der Waals surface area (Å²) in [5, 5.41) is 20.5. The van der Waals surface area contributed by atoms with Gasteiger partial charge in [-0.25, -0.2) is 4.39 Å². The molecule has 0 aromatic heterocycles. The van der Waals surface area contributed by atoms with Gasteiger partial charge in [-0.05, 0) is 19.1 Å². The standard InChI is InChI=1S/C11H14FNO3/c1-7(15)11-9(12)3-2-4-10(11)13-5-8(16)6-14/h2-4,8,13-14,16H,5-6H2,1H3/t8-/m0/s1. The van der Waals surface area contributed by atoms with Gasteiger partial charge in [-0.2, -0.15) is 0 Å². The zero-order valence-corrected chi connectivity index (χ0v) is 8.90. The van der Waals surface area contributed by atoms with E-state index >= 15 is 0 Å². The largest absolute Gasteiger partial charge is 0.394 e. The number of ketones is 1. The Morgan fingerprint density at radius 3 is 2.81 bits per heavy atom. The molecule has 5 heteroatoms. The second-order valence-corrected chi connectivity index (χ2v) is 3.44. The van der Waals surface area contributed by atoms with Crippen LogP contribution in [-0.2, 0) is 0 Å². The van der Waals surface area contributed by atoms with Crippen LogP contribution in [0.25, 0.3) is 0 Å². The van der Waals surface area contributed by atoms with Gasteiger partial charge in [0.1, 0.15) is 5.82 Å². The van der Waals surface area contributed by atoms with Gasteiger partial charge in [-0.3, -0.25) is 4.79 Å². The van der Waals surface area contributed by atoms with E-state index in [1.165, 1.54) is 19.1 Å². The molecule has 0 aliphatic heterocycles. The number of halogens is 1. The van der Waals surface area contributed by atoms with Crippen molar-refractivity contribution in [3.8, 4) is 0 Å². The van der Waals surface area contributed by atoms with E-state index in [-0.39, 0.29) is 17.9 Å². The number of aliphatic hydroxyl groups excluding tert-OH is 2. The number of anilines is 1. The molecule has 88 valence electrons. The Morgan fingerprint density at radius 2 is 2.25 bits per heavy atom. The molecular weight excluding hydrogens is 213 g/mol. The maximum atomic E-state index is 13.3. The zero-order chi connectivity index (χ0) is 12.1. The summed E-state index contributed by atoms with van der Waals surface area (Å²) in [4.78, 5) is 11.2. The van der Waals surface area contributed by atoms with Crippen LogP contribution in [0.1, 0.15) is 17.3 Å². The molecule has 0 saturated heterocycles. The van der Waals surface area contributed by atoms with Crippen LogP contribution in [0.5, 0.6) is 0 Å². The lowest BCUT2D eigenvalue weighted by atomic mass is 10.1. The fourth-order valence-corrected chi connectivity index (χ4v) is 1.32. The Bertz CT molecular complexity index is 381. The first kappa shape index (κ1) is 12.6. The fourth-order valence-electron chi connectivity index (χ4n) is 1.32. The van der Waals surface area contributed by atoms with E-state index in [4.69, 9.17) is 10.2 Å². The molecule has 0 spiro atoms. The number of rotatable bonds is 5. The SMILES string of the molecule is CC(=O)c1c(F)cccc1NC[C@H](O)CO. The Hall–Kier alpha value is -1.46. The van der Waals surface area contributed by atoms with Crippen LogP contribution >= 0.6 is 0 Å². The first-order valence-corrected chi connectivity index (χ1v) is 4.88. The molecule has 0 unspecified atom stereocenters. The Balaban J connectivity index is 2.87. The van der Waals surface area contributed by atoms with E-state index in [1.54, 1.807) is 6.07 Å². The summed E-state index contributed by atoms with van der Waals surface area (Å²) in [7, 11) is 0. The average Bonchev–Trinajstić information content (AvgIpc) is 2.25. The molecule has 4 nitrogen and oxygen atoms in total. The van der Waals surface area contributed by atoms with Gasteiger partial charge < -0.3 is 15.5 Å². The van der Waals surface area contributed by atoms with Crippen LogP contribution < -0.4 is 5.32 Å². The predicted octanol–water partition coefficient (Wildman–Crippen LogP) is 0.793. The quantitative estimate of drug-likeness (QED) is 0.650. The molecule has 1 atom stereocenters. The third-order valence-corrected chi connectivity index (χ3v) is 2.10. The summed E-state index contributed by atoms with van der Waals surface area (Å²) in [6, 6.07) is 4.21. The van der Waals surface area contributed by atoms with Crippen LogP contribution in [0.3, 0.4) is 0 Å². The smallest absolute Gasteiger partial charge is 0.164 e. The summed E-state index contributed by atoms with van der Waals surface area (Å²) in [6.07, 6.45) is -0.942. The fraction of sp³-hybridized carbons (Fsp3) is 0.364. The molecule has 3 N–H and O–H groups in total. The van der Waals surface area contributed by atoms with Crippen molar-refractivity contribution in [2.75, 3.05) is 18.5 Å². The monoisotopic (exact) mass is 227 g/mol. The highest BCUT2D eigenvalue weighted by Crippen LogP contribution is 2.19. The van der Waals surface area contributed by atoms with Crippen molar-refractivity contribution in [1.82, 2.24) is 0 Å². The number of aliphatic hydroxyl groups is 2. The van der Waals surface area contributed by atoms with Gasteiger partial charge in [0.15, 0.2) is 5.78 Å². The van der Waals surface area contributed by atoms with E-state index in [0.29, 0.717) is 5.69 Å². The molecule has 1 aromatic carbocycles. The third-order valence-electron chi connectivity index (χ3n) is 2.10. The van der Waals surface area contributed by atoms with E-state index in [1.807, 2.05) is 0 Å². The van der Waals surface area contributed by atoms with Gasteiger partial charge in [0, 0.05) is 12.2 Å². The van der Waals surface area contributed by atoms with Gasteiger partial charge in [0.25, 0.3) is 0 Å². The summed E-state index contributed by atoms with van der Waals surface area (Å²) in [5.74, 6) is -0.991. The molecule has 0 bridgehead atoms. The number of hydrogen-bond donors (Lipinski definition) is 3. The van der Waals surface area contributed by atoms with Crippen LogP contribution in [0.15, 0.2) is 18.2 Å². The van der Waals surface area contributed by atoms with Crippen molar-refractivity contribution in [2.45, 2.75) is 13.0 Å². The predicted molar refractivity (Wildman–Crippen MR) is 58.0 cm³/mol. The highest BCUT2D eigenvalue weighted by Gasteiger charge is 2.13. The molecular formula is C11H14FNO3. The number of Topliss-reactive ketones (excluding diaryl/α,β-unsaturated/α-hetero) is 1. The minimum Gasteiger partial charge on any atom is -0.394 e. The van der Waals surface area contributed by atoms with E-state index in [0.717, 1.165) is 0 Å². The topological polar surface area (TPSA) is 69.6 Å². The summed E-state index contributed by atoms with van der Waals surface area (Å²) in [5.41, 5.74) is 0.285. The molecule has 0 amide bonds. The van der Waals surface area contributed by atoms with Crippen molar-refractivity contribution >= 4 is 11.5 Å². The Morgan fingerprint density at radius 1 is 1.56 bits per heavy atom. The third kappa shape index (κ3) is 3.01. The molecule has 1 aromatic rings. The molecule has 16 heavy (non-hydrogen) atoms. The second-order valence-electron chi connectivity index (χ2n) is 3.44. The lowest BCUT2D eigenvalue weighted by molar-refractivity contribution is 0.101. The maximum absolute atomic E-state index is 13.3. The van der Waals surface area contributed by atoms with E-state index < -0.39 is 18.5 Å². The lowest BCUT2D eigenvalue weighted by Gasteiger charge is -2.13. The van der Waals surface area contributed by atoms with Gasteiger partial charge in [-0.1, -0.05) is 6.07 Å². The number of carbonyl (C=O) groups is 1. The van der Waals surface area contributed by atoms with Crippen molar-refractivity contribution in [3.05, 3.63) is 29.6 Å². The van der Waals surface area contributed by atoms with Crippen molar-refractivity contribution < 1.29 is 19.4 Å². The number of carbonyl (C=O) groups excluding carboxylic acids is 1. The average molecular weight is 227 g/mol. The summed E-state index contributed by atoms with van der Waals surface area (Å²) < 4.78 is 13.3. The number of nitrogens with one attached hydrogen (secondary N) is 1. The van der Waals surface area contributed by atoms with Gasteiger partial charge in [0.05, 0.1) is 18.3 Å². The van der Waals surface area contributed by atoms with Gasteiger partial charge in [-0.15, -0.1) is 0 Å². The molecule has 0 aliphatic carbocycles. The van der Waals surface area contributed by atoms with E-state index in [2.05, 4.69) is 5.32 Å². The van der Waals surface area contributed by atoms with Gasteiger partial charge in [0.2, 0.25) is 0 Å².